The molecule has 0 aliphatic rings. The fourth-order valence-electron chi connectivity index (χ4n) is 2.71. The molecule has 4 rings (SSSR count). The van der Waals surface area contributed by atoms with Crippen LogP contribution in [0.15, 0.2) is 41.0 Å². The second-order valence-corrected chi connectivity index (χ2v) is 6.08. The summed E-state index contributed by atoms with van der Waals surface area (Å²) < 4.78 is 4.74. The standard InChI is InChI=1S/C18H17N5O2/c1-3-10(2)19-18(24)12-5-6-14-13(8-12)17(21-20-14)11-4-7-15-16(9-11)23-25-22-15/h4-10H,3H2,1-2H3,(H,19,24)(H,20,21). The average molecular weight is 335 g/mol. The Kier molecular flexibility index (Phi) is 3.68. The van der Waals surface area contributed by atoms with Crippen molar-refractivity contribution in [1.82, 2.24) is 25.8 Å². The predicted octanol–water partition coefficient (Wildman–Crippen LogP) is 3.29. The number of aromatic nitrogens is 4. The Balaban J connectivity index is 1.77. The third-order valence-electron chi connectivity index (χ3n) is 4.34. The van der Waals surface area contributed by atoms with Crippen LogP contribution in [0.1, 0.15) is 30.6 Å². The van der Waals surface area contributed by atoms with Gasteiger partial charge in [0, 0.05) is 22.6 Å². The molecule has 0 fully saturated rings. The zero-order valence-corrected chi connectivity index (χ0v) is 13.9. The Labute approximate surface area is 143 Å². The molecular formula is C18H17N5O2. The van der Waals surface area contributed by atoms with Gasteiger partial charge in [0.1, 0.15) is 16.7 Å². The molecule has 0 aliphatic carbocycles. The minimum absolute atomic E-state index is 0.0837. The summed E-state index contributed by atoms with van der Waals surface area (Å²) in [6.45, 7) is 4.03. The number of fused-ring (bicyclic) bond motifs is 2. The molecule has 25 heavy (non-hydrogen) atoms. The van der Waals surface area contributed by atoms with Gasteiger partial charge in [0.25, 0.3) is 5.91 Å². The molecule has 1 unspecified atom stereocenters. The fraction of sp³-hybridized carbons (Fsp3) is 0.222. The highest BCUT2D eigenvalue weighted by molar-refractivity contribution is 6.02. The van der Waals surface area contributed by atoms with Gasteiger partial charge in [-0.05, 0) is 54.0 Å². The van der Waals surface area contributed by atoms with Gasteiger partial charge in [-0.3, -0.25) is 9.89 Å². The van der Waals surface area contributed by atoms with Crippen molar-refractivity contribution < 1.29 is 9.42 Å². The molecule has 2 aromatic heterocycles. The molecule has 7 heteroatoms. The Morgan fingerprint density at radius 3 is 2.88 bits per heavy atom. The smallest absolute Gasteiger partial charge is 0.251 e. The zero-order valence-electron chi connectivity index (χ0n) is 13.9. The van der Waals surface area contributed by atoms with E-state index >= 15 is 0 Å². The minimum atomic E-state index is -0.0837. The van der Waals surface area contributed by atoms with Crippen molar-refractivity contribution in [2.24, 2.45) is 0 Å². The van der Waals surface area contributed by atoms with Gasteiger partial charge in [0.05, 0.1) is 5.52 Å². The number of H-pyrrole nitrogens is 1. The largest absolute Gasteiger partial charge is 0.350 e. The quantitative estimate of drug-likeness (QED) is 0.596. The van der Waals surface area contributed by atoms with E-state index in [4.69, 9.17) is 4.63 Å². The van der Waals surface area contributed by atoms with Crippen LogP contribution in [0.25, 0.3) is 33.2 Å². The summed E-state index contributed by atoms with van der Waals surface area (Å²) in [5.41, 5.74) is 4.48. The molecule has 0 saturated carbocycles. The molecule has 4 aromatic rings. The van der Waals surface area contributed by atoms with Crippen LogP contribution >= 0.6 is 0 Å². The van der Waals surface area contributed by atoms with E-state index in [1.165, 1.54) is 0 Å². The second kappa shape index (κ2) is 6.01. The van der Waals surface area contributed by atoms with E-state index in [2.05, 4.69) is 25.8 Å². The lowest BCUT2D eigenvalue weighted by Crippen LogP contribution is -2.31. The topological polar surface area (TPSA) is 96.7 Å². The Morgan fingerprint density at radius 2 is 2.04 bits per heavy atom. The molecule has 7 nitrogen and oxygen atoms in total. The second-order valence-electron chi connectivity index (χ2n) is 6.08. The van der Waals surface area contributed by atoms with Crippen LogP contribution in [-0.4, -0.2) is 32.5 Å². The average Bonchev–Trinajstić information content (AvgIpc) is 3.26. The van der Waals surface area contributed by atoms with Crippen molar-refractivity contribution in [1.29, 1.82) is 0 Å². The Bertz CT molecular complexity index is 1070. The number of carbonyl (C=O) groups is 1. The van der Waals surface area contributed by atoms with Gasteiger partial charge in [-0.15, -0.1) is 0 Å². The van der Waals surface area contributed by atoms with E-state index in [0.29, 0.717) is 16.6 Å². The molecule has 0 radical (unpaired) electrons. The van der Waals surface area contributed by atoms with E-state index in [-0.39, 0.29) is 11.9 Å². The first kappa shape index (κ1) is 15.3. The van der Waals surface area contributed by atoms with Gasteiger partial charge in [-0.2, -0.15) is 5.10 Å². The van der Waals surface area contributed by atoms with Crippen LogP contribution in [-0.2, 0) is 0 Å². The van der Waals surface area contributed by atoms with Crippen molar-refractivity contribution in [2.45, 2.75) is 26.3 Å². The number of hydrogen-bond acceptors (Lipinski definition) is 5. The van der Waals surface area contributed by atoms with Gasteiger partial charge in [-0.25, -0.2) is 4.63 Å². The number of rotatable bonds is 4. The normalized spacial score (nSPS) is 12.6. The number of hydrogen-bond donors (Lipinski definition) is 2. The summed E-state index contributed by atoms with van der Waals surface area (Å²) in [5, 5.41) is 18.9. The van der Waals surface area contributed by atoms with Crippen LogP contribution in [0.3, 0.4) is 0 Å². The molecule has 1 atom stereocenters. The molecule has 0 spiro atoms. The molecule has 126 valence electrons. The van der Waals surface area contributed by atoms with Gasteiger partial charge < -0.3 is 5.32 Å². The highest BCUT2D eigenvalue weighted by Gasteiger charge is 2.14. The van der Waals surface area contributed by atoms with Crippen molar-refractivity contribution in [2.75, 3.05) is 0 Å². The molecule has 0 bridgehead atoms. The number of carbonyl (C=O) groups excluding carboxylic acids is 1. The zero-order chi connectivity index (χ0) is 17.4. The Hall–Kier alpha value is -3.22. The van der Waals surface area contributed by atoms with Crippen molar-refractivity contribution in [3.05, 3.63) is 42.0 Å². The molecule has 2 N–H and O–H groups in total. The molecule has 0 saturated heterocycles. The van der Waals surface area contributed by atoms with Crippen LogP contribution < -0.4 is 5.32 Å². The van der Waals surface area contributed by atoms with E-state index < -0.39 is 0 Å². The summed E-state index contributed by atoms with van der Waals surface area (Å²) in [4.78, 5) is 12.4. The lowest BCUT2D eigenvalue weighted by atomic mass is 10.0. The van der Waals surface area contributed by atoms with Crippen molar-refractivity contribution in [3.63, 3.8) is 0 Å². The lowest BCUT2D eigenvalue weighted by molar-refractivity contribution is 0.0939. The lowest BCUT2D eigenvalue weighted by Gasteiger charge is -2.11. The summed E-state index contributed by atoms with van der Waals surface area (Å²) >= 11 is 0. The third-order valence-corrected chi connectivity index (χ3v) is 4.34. The summed E-state index contributed by atoms with van der Waals surface area (Å²) in [6, 6.07) is 11.3. The fourth-order valence-corrected chi connectivity index (χ4v) is 2.71. The molecule has 1 amide bonds. The van der Waals surface area contributed by atoms with Crippen molar-refractivity contribution >= 4 is 27.8 Å². The molecule has 2 heterocycles. The van der Waals surface area contributed by atoms with Gasteiger partial charge in [0.15, 0.2) is 0 Å². The number of nitrogens with one attached hydrogen (secondary N) is 2. The predicted molar refractivity (Wildman–Crippen MR) is 94.1 cm³/mol. The van der Waals surface area contributed by atoms with E-state index in [1.54, 1.807) is 6.07 Å². The summed E-state index contributed by atoms with van der Waals surface area (Å²) in [5.74, 6) is -0.0837. The number of aromatic amines is 1. The third kappa shape index (κ3) is 2.73. The highest BCUT2D eigenvalue weighted by atomic mass is 16.6. The van der Waals surface area contributed by atoms with Gasteiger partial charge in [0.2, 0.25) is 0 Å². The van der Waals surface area contributed by atoms with Gasteiger partial charge in [-0.1, -0.05) is 13.0 Å². The SMILES string of the molecule is CCC(C)NC(=O)c1ccc2[nH]nc(-c3ccc4nonc4c3)c2c1. The molecule has 0 aliphatic heterocycles. The first-order valence-electron chi connectivity index (χ1n) is 8.17. The number of benzene rings is 2. The van der Waals surface area contributed by atoms with Gasteiger partial charge >= 0.3 is 0 Å². The van der Waals surface area contributed by atoms with Crippen LogP contribution in [0, 0.1) is 0 Å². The number of nitrogens with zero attached hydrogens (tertiary/aromatic N) is 3. The first-order valence-corrected chi connectivity index (χ1v) is 8.17. The first-order chi connectivity index (χ1) is 12.2. The monoisotopic (exact) mass is 335 g/mol. The van der Waals surface area contributed by atoms with Crippen LogP contribution in [0.2, 0.25) is 0 Å². The molecule has 2 aromatic carbocycles. The minimum Gasteiger partial charge on any atom is -0.350 e. The van der Waals surface area contributed by atoms with E-state index in [9.17, 15) is 4.79 Å². The number of amides is 1. The van der Waals surface area contributed by atoms with Crippen LogP contribution in [0.5, 0.6) is 0 Å². The van der Waals surface area contributed by atoms with Crippen molar-refractivity contribution in [3.8, 4) is 11.3 Å². The summed E-state index contributed by atoms with van der Waals surface area (Å²) in [6.07, 6.45) is 0.886. The highest BCUT2D eigenvalue weighted by Crippen LogP contribution is 2.28. The maximum absolute atomic E-state index is 12.4. The van der Waals surface area contributed by atoms with E-state index in [1.807, 2.05) is 44.2 Å². The Morgan fingerprint density at radius 1 is 1.20 bits per heavy atom. The summed E-state index contributed by atoms with van der Waals surface area (Å²) in [7, 11) is 0. The van der Waals surface area contributed by atoms with Crippen LogP contribution in [0.4, 0.5) is 0 Å². The maximum atomic E-state index is 12.4. The molecular weight excluding hydrogens is 318 g/mol. The maximum Gasteiger partial charge on any atom is 0.251 e. The van der Waals surface area contributed by atoms with E-state index in [0.717, 1.165) is 28.6 Å².